The van der Waals surface area contributed by atoms with Crippen LogP contribution in [0.4, 0.5) is 0 Å². The highest BCUT2D eigenvalue weighted by Crippen LogP contribution is 2.43. The zero-order chi connectivity index (χ0) is 31.0. The third-order valence-electron chi connectivity index (χ3n) is 9.70. The molecule has 0 spiro atoms. The van der Waals surface area contributed by atoms with Crippen molar-refractivity contribution >= 4 is 59.7 Å². The summed E-state index contributed by atoms with van der Waals surface area (Å²) in [6, 6.07) is 49.8. The summed E-state index contributed by atoms with van der Waals surface area (Å²) in [7, 11) is 0. The maximum Gasteiger partial charge on any atom is 0.0460 e. The predicted octanol–water partition coefficient (Wildman–Crippen LogP) is 9.52. The van der Waals surface area contributed by atoms with Crippen LogP contribution in [0.25, 0.3) is 59.7 Å². The molecule has 0 bridgehead atoms. The largest absolute Gasteiger partial charge is 0.382 e. The van der Waals surface area contributed by atoms with E-state index in [1.54, 1.807) is 0 Å². The molecule has 4 heteroatoms. The van der Waals surface area contributed by atoms with Gasteiger partial charge in [0.05, 0.1) is 0 Å². The van der Waals surface area contributed by atoms with Crippen molar-refractivity contribution in [1.29, 1.82) is 0 Å². The SMILES string of the molecule is C1=C(c2ccc3cc[nH]c3c2)NC(CC(c2cc3ccccc3c3ccccc23)c2cc3ccccc3c3ccccc23)C1.NN. The Hall–Kier alpha value is -5.42. The third-order valence-corrected chi connectivity index (χ3v) is 9.70. The summed E-state index contributed by atoms with van der Waals surface area (Å²) in [4.78, 5) is 3.38. The van der Waals surface area contributed by atoms with Gasteiger partial charge in [-0.1, -0.05) is 115 Å². The minimum absolute atomic E-state index is 0.204. The van der Waals surface area contributed by atoms with Crippen LogP contribution in [0.1, 0.15) is 35.4 Å². The van der Waals surface area contributed by atoms with Gasteiger partial charge in [-0.05, 0) is 102 Å². The summed E-state index contributed by atoms with van der Waals surface area (Å²) < 4.78 is 0. The van der Waals surface area contributed by atoms with Gasteiger partial charge in [-0.25, -0.2) is 0 Å². The fraction of sp³-hybridized carbons (Fsp3) is 0.0952. The lowest BCUT2D eigenvalue weighted by Crippen LogP contribution is -2.25. The molecule has 4 nitrogen and oxygen atoms in total. The van der Waals surface area contributed by atoms with E-state index < -0.39 is 0 Å². The number of nitrogens with one attached hydrogen (secondary N) is 2. The predicted molar refractivity (Wildman–Crippen MR) is 196 cm³/mol. The van der Waals surface area contributed by atoms with Crippen LogP contribution in [0.3, 0.4) is 0 Å². The molecule has 6 N–H and O–H groups in total. The standard InChI is InChI=1S/C42H32N2.H4N2/c1-3-11-32-28(9-1)23-38(36-15-7-5-13-34(32)36)40(39-24-29-10-2-4-12-33(29)35-14-6-8-16-37(35)39)26-31-19-20-41(44-31)30-18-17-27-21-22-43-42(27)25-30;1-2/h1-18,20-25,31,40,43-44H,19,26H2;1-2H2. The smallest absolute Gasteiger partial charge is 0.0460 e. The van der Waals surface area contributed by atoms with Crippen LogP contribution in [0.15, 0.2) is 146 Å². The quantitative estimate of drug-likeness (QED) is 0.0907. The average molecular weight is 597 g/mol. The highest BCUT2D eigenvalue weighted by molar-refractivity contribution is 6.11. The van der Waals surface area contributed by atoms with E-state index in [0.29, 0.717) is 6.04 Å². The minimum Gasteiger partial charge on any atom is -0.382 e. The molecule has 0 amide bonds. The summed E-state index contributed by atoms with van der Waals surface area (Å²) in [5.41, 5.74) is 6.46. The minimum atomic E-state index is 0.204. The summed E-state index contributed by atoms with van der Waals surface area (Å²) in [6.07, 6.45) is 6.41. The molecular formula is C42H36N4. The van der Waals surface area contributed by atoms with Crippen LogP contribution in [-0.2, 0) is 0 Å². The molecule has 46 heavy (non-hydrogen) atoms. The lowest BCUT2D eigenvalue weighted by molar-refractivity contribution is 0.546. The zero-order valence-corrected chi connectivity index (χ0v) is 25.6. The van der Waals surface area contributed by atoms with E-state index in [0.717, 1.165) is 12.8 Å². The Morgan fingerprint density at radius 3 is 1.72 bits per heavy atom. The first-order valence-electron chi connectivity index (χ1n) is 16.0. The van der Waals surface area contributed by atoms with E-state index in [4.69, 9.17) is 0 Å². The van der Waals surface area contributed by atoms with Crippen LogP contribution in [0.5, 0.6) is 0 Å². The molecule has 0 saturated heterocycles. The molecule has 0 aliphatic carbocycles. The number of aromatic amines is 1. The Balaban J connectivity index is 0.00000153. The van der Waals surface area contributed by atoms with Gasteiger partial charge >= 0.3 is 0 Å². The third kappa shape index (κ3) is 4.80. The molecule has 0 fully saturated rings. The van der Waals surface area contributed by atoms with Crippen LogP contribution in [0.2, 0.25) is 0 Å². The van der Waals surface area contributed by atoms with Crippen molar-refractivity contribution in [2.24, 2.45) is 11.7 Å². The average Bonchev–Trinajstić information content (AvgIpc) is 3.81. The maximum atomic E-state index is 4.00. The summed E-state index contributed by atoms with van der Waals surface area (Å²) >= 11 is 0. The van der Waals surface area contributed by atoms with E-state index in [9.17, 15) is 0 Å². The van der Waals surface area contributed by atoms with Crippen LogP contribution in [-0.4, -0.2) is 11.0 Å². The van der Waals surface area contributed by atoms with Gasteiger partial charge in [0.15, 0.2) is 0 Å². The van der Waals surface area contributed by atoms with Gasteiger partial charge in [-0.3, -0.25) is 11.7 Å². The van der Waals surface area contributed by atoms with Crippen molar-refractivity contribution in [2.75, 3.05) is 0 Å². The van der Waals surface area contributed by atoms with Crippen molar-refractivity contribution in [3.63, 3.8) is 0 Å². The normalized spacial score (nSPS) is 14.6. The summed E-state index contributed by atoms with van der Waals surface area (Å²) in [5.74, 6) is 8.20. The van der Waals surface area contributed by atoms with Crippen LogP contribution in [0, 0.1) is 0 Å². The Labute approximate surface area is 268 Å². The fourth-order valence-corrected chi connectivity index (χ4v) is 7.62. The topological polar surface area (TPSA) is 79.9 Å². The molecule has 0 saturated carbocycles. The van der Waals surface area contributed by atoms with Crippen molar-refractivity contribution in [1.82, 2.24) is 10.3 Å². The van der Waals surface area contributed by atoms with Gasteiger partial charge in [-0.2, -0.15) is 0 Å². The summed E-state index contributed by atoms with van der Waals surface area (Å²) in [6.45, 7) is 0. The van der Waals surface area contributed by atoms with Gasteiger partial charge in [0, 0.05) is 29.4 Å². The van der Waals surface area contributed by atoms with E-state index >= 15 is 0 Å². The second-order valence-electron chi connectivity index (χ2n) is 12.2. The highest BCUT2D eigenvalue weighted by atomic mass is 15.0. The van der Waals surface area contributed by atoms with Crippen LogP contribution < -0.4 is 17.0 Å². The zero-order valence-electron chi connectivity index (χ0n) is 25.6. The second-order valence-corrected chi connectivity index (χ2v) is 12.2. The highest BCUT2D eigenvalue weighted by Gasteiger charge is 2.27. The Morgan fingerprint density at radius 1 is 0.565 bits per heavy atom. The number of rotatable bonds is 5. The number of hydrogen-bond donors (Lipinski definition) is 4. The number of hydrogen-bond acceptors (Lipinski definition) is 3. The van der Waals surface area contributed by atoms with Crippen molar-refractivity contribution in [3.8, 4) is 0 Å². The van der Waals surface area contributed by atoms with E-state index in [1.807, 2.05) is 6.20 Å². The lowest BCUT2D eigenvalue weighted by atomic mass is 9.79. The molecule has 7 aromatic carbocycles. The van der Waals surface area contributed by atoms with Crippen LogP contribution >= 0.6 is 0 Å². The van der Waals surface area contributed by atoms with Crippen molar-refractivity contribution in [2.45, 2.75) is 24.8 Å². The second kappa shape index (κ2) is 11.8. The van der Waals surface area contributed by atoms with Gasteiger partial charge in [0.1, 0.15) is 0 Å². The molecule has 1 aromatic heterocycles. The Bertz CT molecular complexity index is 2280. The Morgan fingerprint density at radius 2 is 1.11 bits per heavy atom. The molecule has 1 aliphatic heterocycles. The fourth-order valence-electron chi connectivity index (χ4n) is 7.62. The number of aromatic nitrogens is 1. The molecule has 2 heterocycles. The van der Waals surface area contributed by atoms with E-state index in [2.05, 4.69) is 162 Å². The van der Waals surface area contributed by atoms with E-state index in [1.165, 1.54) is 76.4 Å². The first-order valence-corrected chi connectivity index (χ1v) is 16.0. The maximum absolute atomic E-state index is 4.00. The molecule has 8 aromatic rings. The number of hydrazine groups is 1. The molecule has 1 unspecified atom stereocenters. The Kier molecular flexibility index (Phi) is 7.22. The molecule has 1 aliphatic rings. The molecular weight excluding hydrogens is 560 g/mol. The first kappa shape index (κ1) is 28.1. The first-order chi connectivity index (χ1) is 22.8. The molecule has 9 rings (SSSR count). The molecule has 224 valence electrons. The number of benzene rings is 7. The van der Waals surface area contributed by atoms with Gasteiger partial charge in [0.2, 0.25) is 0 Å². The number of nitrogens with two attached hydrogens (primary N) is 2. The number of H-pyrrole nitrogens is 1. The van der Waals surface area contributed by atoms with Crippen molar-refractivity contribution < 1.29 is 0 Å². The molecule has 0 radical (unpaired) electrons. The lowest BCUT2D eigenvalue weighted by Gasteiger charge is -2.27. The monoisotopic (exact) mass is 596 g/mol. The van der Waals surface area contributed by atoms with Crippen molar-refractivity contribution in [3.05, 3.63) is 162 Å². The van der Waals surface area contributed by atoms with Gasteiger partial charge in [0.25, 0.3) is 0 Å². The molecule has 1 atom stereocenters. The van der Waals surface area contributed by atoms with E-state index in [-0.39, 0.29) is 5.92 Å². The van der Waals surface area contributed by atoms with Gasteiger partial charge < -0.3 is 10.3 Å². The summed E-state index contributed by atoms with van der Waals surface area (Å²) in [5, 5.41) is 15.8. The van der Waals surface area contributed by atoms with Gasteiger partial charge in [-0.15, -0.1) is 0 Å². The number of fused-ring (bicyclic) bond motifs is 7.